The topological polar surface area (TPSA) is 75.4 Å². The summed E-state index contributed by atoms with van der Waals surface area (Å²) in [5, 5.41) is 3.96. The first-order chi connectivity index (χ1) is 16.3. The van der Waals surface area contributed by atoms with Crippen LogP contribution in [-0.2, 0) is 0 Å². The Labute approximate surface area is 203 Å². The summed E-state index contributed by atoms with van der Waals surface area (Å²) in [6, 6.07) is 16.9. The van der Waals surface area contributed by atoms with Crippen LogP contribution in [0, 0.1) is 13.8 Å². The molecule has 0 aliphatic carbocycles. The van der Waals surface area contributed by atoms with Gasteiger partial charge < -0.3 is 9.73 Å². The molecule has 4 rings (SSSR count). The number of nitrogens with one attached hydrogen (secondary N) is 1. The molecule has 4 aromatic rings. The fraction of sp³-hybridized carbons (Fsp3) is 0.222. The van der Waals surface area contributed by atoms with Crippen LogP contribution in [-0.4, -0.2) is 28.5 Å². The largest absolute Gasteiger partial charge is 0.455 e. The van der Waals surface area contributed by atoms with E-state index in [1.807, 2.05) is 68.6 Å². The highest BCUT2D eigenvalue weighted by Gasteiger charge is 2.22. The molecule has 2 heterocycles. The van der Waals surface area contributed by atoms with Crippen LogP contribution in [0.5, 0.6) is 0 Å². The third kappa shape index (κ3) is 4.43. The van der Waals surface area contributed by atoms with E-state index in [2.05, 4.69) is 10.3 Å². The van der Waals surface area contributed by atoms with E-state index in [1.54, 1.807) is 26.2 Å². The van der Waals surface area contributed by atoms with E-state index >= 15 is 0 Å². The highest BCUT2D eigenvalue weighted by Crippen LogP contribution is 2.32. The number of anilines is 1. The maximum atomic E-state index is 13.3. The zero-order valence-corrected chi connectivity index (χ0v) is 20.7. The molecule has 0 spiro atoms. The molecule has 0 fully saturated rings. The van der Waals surface area contributed by atoms with Gasteiger partial charge in [-0.1, -0.05) is 48.3 Å². The molecule has 1 amide bonds. The first-order valence-corrected chi connectivity index (χ1v) is 12.2. The van der Waals surface area contributed by atoms with Crippen LogP contribution in [0.25, 0.3) is 22.3 Å². The summed E-state index contributed by atoms with van der Waals surface area (Å²) in [4.78, 5) is 30.4. The molecule has 2 aromatic carbocycles. The lowest BCUT2D eigenvalue weighted by molar-refractivity contribution is 0.0888. The van der Waals surface area contributed by atoms with Gasteiger partial charge in [0.2, 0.25) is 0 Å². The minimum Gasteiger partial charge on any atom is -0.455 e. The molecule has 0 saturated heterocycles. The van der Waals surface area contributed by atoms with Gasteiger partial charge in [0.1, 0.15) is 11.3 Å². The Hall–Kier alpha value is -3.58. The monoisotopic (exact) mass is 473 g/mol. The first kappa shape index (κ1) is 23.6. The minimum absolute atomic E-state index is 0.0453. The van der Waals surface area contributed by atoms with E-state index < -0.39 is 0 Å². The highest BCUT2D eigenvalue weighted by atomic mass is 32.2. The number of hydrogen-bond acceptors (Lipinski definition) is 6. The summed E-state index contributed by atoms with van der Waals surface area (Å²) in [5.41, 5.74) is 4.68. The molecule has 0 aliphatic heterocycles. The van der Waals surface area contributed by atoms with Crippen LogP contribution < -0.4 is 10.7 Å². The van der Waals surface area contributed by atoms with Crippen molar-refractivity contribution in [2.24, 2.45) is 0 Å². The second-order valence-corrected chi connectivity index (χ2v) is 9.15. The van der Waals surface area contributed by atoms with Crippen molar-refractivity contribution in [1.82, 2.24) is 9.29 Å². The molecule has 7 heteroatoms. The Balaban J connectivity index is 1.83. The van der Waals surface area contributed by atoms with Gasteiger partial charge in [0.05, 0.1) is 17.1 Å². The SMILES string of the molecule is CSN(C)C(=O)c1ncccc1NC(C)c1cc(C)cc2c(=O)c(C)c(-c3ccccc3)oc12. The first-order valence-electron chi connectivity index (χ1n) is 11.0. The molecule has 1 unspecified atom stereocenters. The molecule has 174 valence electrons. The van der Waals surface area contributed by atoms with Crippen LogP contribution in [0.2, 0.25) is 0 Å². The predicted molar refractivity (Wildman–Crippen MR) is 139 cm³/mol. The number of nitrogens with zero attached hydrogens (tertiary/aromatic N) is 2. The van der Waals surface area contributed by atoms with Gasteiger partial charge in [-0.05, 0) is 44.5 Å². The van der Waals surface area contributed by atoms with Crippen LogP contribution >= 0.6 is 11.9 Å². The smallest absolute Gasteiger partial charge is 0.284 e. The number of rotatable bonds is 6. The fourth-order valence-corrected chi connectivity index (χ4v) is 4.24. The fourth-order valence-electron chi connectivity index (χ4n) is 3.99. The standard InChI is InChI=1S/C27H27N3O3S/c1-16-14-20(18(3)29-22-12-9-13-28-23(22)27(32)30(4)34-5)26-21(15-16)24(31)17(2)25(33-26)19-10-7-6-8-11-19/h6-15,18,29H,1-5H3. The minimum atomic E-state index is -0.257. The van der Waals surface area contributed by atoms with Gasteiger partial charge >= 0.3 is 0 Å². The summed E-state index contributed by atoms with van der Waals surface area (Å²) in [5.74, 6) is 0.375. The molecule has 6 nitrogen and oxygen atoms in total. The quantitative estimate of drug-likeness (QED) is 0.347. The van der Waals surface area contributed by atoms with Gasteiger partial charge in [-0.25, -0.2) is 4.98 Å². The van der Waals surface area contributed by atoms with E-state index in [1.165, 1.54) is 16.3 Å². The van der Waals surface area contributed by atoms with E-state index in [4.69, 9.17) is 4.42 Å². The van der Waals surface area contributed by atoms with Crippen LogP contribution in [0.3, 0.4) is 0 Å². The number of carbonyl (C=O) groups excluding carboxylic acids is 1. The second-order valence-electron chi connectivity index (χ2n) is 8.23. The molecular weight excluding hydrogens is 446 g/mol. The zero-order chi connectivity index (χ0) is 24.4. The van der Waals surface area contributed by atoms with Gasteiger partial charge in [-0.15, -0.1) is 0 Å². The van der Waals surface area contributed by atoms with Crippen molar-refractivity contribution in [2.45, 2.75) is 26.8 Å². The van der Waals surface area contributed by atoms with E-state index in [0.29, 0.717) is 33.7 Å². The Morgan fingerprint density at radius 1 is 1.12 bits per heavy atom. The molecule has 1 N–H and O–H groups in total. The van der Waals surface area contributed by atoms with Crippen LogP contribution in [0.15, 0.2) is 70.0 Å². The number of benzene rings is 2. The van der Waals surface area contributed by atoms with Crippen molar-refractivity contribution >= 4 is 34.5 Å². The van der Waals surface area contributed by atoms with E-state index in [0.717, 1.165) is 16.7 Å². The number of fused-ring (bicyclic) bond motifs is 1. The van der Waals surface area contributed by atoms with E-state index in [9.17, 15) is 9.59 Å². The van der Waals surface area contributed by atoms with Crippen molar-refractivity contribution in [3.05, 3.63) is 93.4 Å². The van der Waals surface area contributed by atoms with Crippen LogP contribution in [0.4, 0.5) is 5.69 Å². The van der Waals surface area contributed by atoms with Crippen molar-refractivity contribution in [2.75, 3.05) is 18.6 Å². The maximum Gasteiger partial charge on any atom is 0.284 e. The summed E-state index contributed by atoms with van der Waals surface area (Å²) in [6.07, 6.45) is 3.44. The Morgan fingerprint density at radius 2 is 1.85 bits per heavy atom. The average molecular weight is 474 g/mol. The third-order valence-corrected chi connectivity index (χ3v) is 6.55. The van der Waals surface area contributed by atoms with Crippen molar-refractivity contribution in [3.8, 4) is 11.3 Å². The lowest BCUT2D eigenvalue weighted by Crippen LogP contribution is -2.22. The third-order valence-electron chi connectivity index (χ3n) is 5.84. The lowest BCUT2D eigenvalue weighted by atomic mass is 9.98. The lowest BCUT2D eigenvalue weighted by Gasteiger charge is -2.21. The van der Waals surface area contributed by atoms with Gasteiger partial charge in [0.15, 0.2) is 11.1 Å². The van der Waals surface area contributed by atoms with Crippen molar-refractivity contribution in [3.63, 3.8) is 0 Å². The van der Waals surface area contributed by atoms with Gasteiger partial charge in [0.25, 0.3) is 5.91 Å². The van der Waals surface area contributed by atoms with Gasteiger partial charge in [0, 0.05) is 36.2 Å². The Morgan fingerprint density at radius 3 is 2.56 bits per heavy atom. The number of aromatic nitrogens is 1. The normalized spacial score (nSPS) is 11.9. The highest BCUT2D eigenvalue weighted by molar-refractivity contribution is 7.96. The van der Waals surface area contributed by atoms with Gasteiger partial charge in [-0.3, -0.25) is 13.9 Å². The zero-order valence-electron chi connectivity index (χ0n) is 19.9. The van der Waals surface area contributed by atoms with Crippen molar-refractivity contribution in [1.29, 1.82) is 0 Å². The summed E-state index contributed by atoms with van der Waals surface area (Å²) < 4.78 is 7.94. The second kappa shape index (κ2) is 9.73. The van der Waals surface area contributed by atoms with Gasteiger partial charge in [-0.2, -0.15) is 0 Å². The average Bonchev–Trinajstić information content (AvgIpc) is 2.86. The number of carbonyl (C=O) groups is 1. The molecular formula is C27H27N3O3S. The summed E-state index contributed by atoms with van der Waals surface area (Å²) >= 11 is 1.32. The number of amides is 1. The molecule has 1 atom stereocenters. The Kier molecular flexibility index (Phi) is 6.75. The number of pyridine rings is 1. The molecule has 2 aromatic heterocycles. The summed E-state index contributed by atoms with van der Waals surface area (Å²) in [6.45, 7) is 5.74. The molecule has 34 heavy (non-hydrogen) atoms. The van der Waals surface area contributed by atoms with E-state index in [-0.39, 0.29) is 17.4 Å². The van der Waals surface area contributed by atoms with Crippen LogP contribution in [0.1, 0.15) is 40.1 Å². The molecule has 0 bridgehead atoms. The number of hydrogen-bond donors (Lipinski definition) is 1. The molecule has 0 radical (unpaired) electrons. The summed E-state index contributed by atoms with van der Waals surface area (Å²) in [7, 11) is 1.71. The maximum absolute atomic E-state index is 13.3. The molecule has 0 aliphatic rings. The van der Waals surface area contributed by atoms with Crippen molar-refractivity contribution < 1.29 is 9.21 Å². The molecule has 0 saturated carbocycles. The Bertz CT molecular complexity index is 1420. The number of aryl methyl sites for hydroxylation is 1. The predicted octanol–water partition coefficient (Wildman–Crippen LogP) is 5.99.